The lowest BCUT2D eigenvalue weighted by atomic mass is 10.1. The highest BCUT2D eigenvalue weighted by Gasteiger charge is 2.13. The first-order chi connectivity index (χ1) is 20.2. The quantitative estimate of drug-likeness (QED) is 0.282. The van der Waals surface area contributed by atoms with Gasteiger partial charge in [0.1, 0.15) is 0 Å². The Hall–Kier alpha value is -4.96. The van der Waals surface area contributed by atoms with Crippen LogP contribution in [-0.4, -0.2) is 64.1 Å². The molecule has 10 heteroatoms. The Bertz CT molecular complexity index is 1800. The maximum Gasteiger partial charge on any atom is 0.177 e. The lowest BCUT2D eigenvalue weighted by molar-refractivity contribution is 0.316. The van der Waals surface area contributed by atoms with Crippen LogP contribution in [0, 0.1) is 0 Å². The molecule has 10 nitrogen and oxygen atoms in total. The fourth-order valence-corrected chi connectivity index (χ4v) is 5.31. The Morgan fingerprint density at radius 1 is 0.756 bits per heavy atom. The lowest BCUT2D eigenvalue weighted by Crippen LogP contribution is -2.24. The van der Waals surface area contributed by atoms with Gasteiger partial charge in [0, 0.05) is 59.5 Å². The summed E-state index contributed by atoms with van der Waals surface area (Å²) in [5, 5.41) is 18.1. The number of nitrogens with zero attached hydrogens (tertiary/aromatic N) is 9. The van der Waals surface area contributed by atoms with E-state index in [9.17, 15) is 0 Å². The van der Waals surface area contributed by atoms with Crippen LogP contribution < -0.4 is 5.73 Å². The third-order valence-corrected chi connectivity index (χ3v) is 7.52. The van der Waals surface area contributed by atoms with Crippen LogP contribution in [0.2, 0.25) is 0 Å². The minimum absolute atomic E-state index is 0.567. The number of likely N-dealkylation sites (tertiary alicyclic amines) is 1. The molecule has 6 aromatic rings. The number of fused-ring (bicyclic) bond motifs is 1. The predicted molar refractivity (Wildman–Crippen MR) is 158 cm³/mol. The smallest absolute Gasteiger partial charge is 0.177 e. The van der Waals surface area contributed by atoms with Crippen LogP contribution in [-0.2, 0) is 13.0 Å². The van der Waals surface area contributed by atoms with Crippen LogP contribution in [0.15, 0.2) is 85.5 Å². The van der Waals surface area contributed by atoms with Gasteiger partial charge < -0.3 is 10.6 Å². The number of nitrogen functional groups attached to an aromatic ring is 1. The average molecular weight is 543 g/mol. The summed E-state index contributed by atoms with van der Waals surface area (Å²) in [7, 11) is 0. The summed E-state index contributed by atoms with van der Waals surface area (Å²) < 4.78 is 3.80. The van der Waals surface area contributed by atoms with Gasteiger partial charge in [-0.2, -0.15) is 14.7 Å². The third kappa shape index (κ3) is 5.42. The first kappa shape index (κ1) is 25.0. The van der Waals surface area contributed by atoms with Crippen molar-refractivity contribution >= 4 is 11.3 Å². The molecule has 204 valence electrons. The van der Waals surface area contributed by atoms with E-state index in [2.05, 4.69) is 48.5 Å². The second-order valence-corrected chi connectivity index (χ2v) is 10.4. The van der Waals surface area contributed by atoms with Crippen molar-refractivity contribution in [1.29, 1.82) is 0 Å². The van der Waals surface area contributed by atoms with Gasteiger partial charge in [0.25, 0.3) is 0 Å². The van der Waals surface area contributed by atoms with Gasteiger partial charge in [-0.15, -0.1) is 10.2 Å². The minimum atomic E-state index is 0.567. The number of nitrogens with two attached hydrogens (primary N) is 1. The van der Waals surface area contributed by atoms with E-state index in [1.807, 2.05) is 71.8 Å². The van der Waals surface area contributed by atoms with Crippen molar-refractivity contribution in [3.63, 3.8) is 0 Å². The molecule has 0 aliphatic carbocycles. The molecule has 0 amide bonds. The number of hydrogen-bond donors (Lipinski definition) is 1. The number of anilines is 1. The first-order valence-corrected chi connectivity index (χ1v) is 13.9. The molecule has 0 saturated carbocycles. The Balaban J connectivity index is 1.07. The van der Waals surface area contributed by atoms with E-state index in [0.717, 1.165) is 52.4 Å². The number of benzene rings is 2. The topological polar surface area (TPSA) is 116 Å². The number of hydrogen-bond acceptors (Lipinski definition) is 8. The molecule has 0 atom stereocenters. The summed E-state index contributed by atoms with van der Waals surface area (Å²) in [4.78, 5) is 11.8. The molecule has 0 radical (unpaired) electrons. The largest absolute Gasteiger partial charge is 0.399 e. The van der Waals surface area contributed by atoms with Crippen LogP contribution >= 0.6 is 0 Å². The summed E-state index contributed by atoms with van der Waals surface area (Å²) in [6, 6.07) is 19.7. The number of aromatic nitrogens is 8. The Morgan fingerprint density at radius 2 is 1.59 bits per heavy atom. The molecule has 5 heterocycles. The van der Waals surface area contributed by atoms with Crippen LogP contribution in [0.25, 0.3) is 39.4 Å². The highest BCUT2D eigenvalue weighted by molar-refractivity contribution is 5.65. The maximum atomic E-state index is 5.98. The third-order valence-electron chi connectivity index (χ3n) is 7.52. The van der Waals surface area contributed by atoms with Crippen molar-refractivity contribution in [2.45, 2.75) is 25.8 Å². The standard InChI is InChI=1S/C31H30N10/c32-27-8-4-6-23(17-27)28-9-10-29-36-37-30(41(29)38-28)16-22-5-3-7-24(15-22)31-33-18-25(19-34-31)26-20-35-40(21-26)14-13-39-11-1-2-12-39/h3-10,15,17-21H,1-2,11-14,16,32H2. The maximum absolute atomic E-state index is 5.98. The van der Waals surface area contributed by atoms with Gasteiger partial charge in [-0.05, 0) is 61.8 Å². The van der Waals surface area contributed by atoms with E-state index in [0.29, 0.717) is 23.6 Å². The minimum Gasteiger partial charge on any atom is -0.399 e. The van der Waals surface area contributed by atoms with Gasteiger partial charge in [-0.25, -0.2) is 9.97 Å². The van der Waals surface area contributed by atoms with E-state index >= 15 is 0 Å². The van der Waals surface area contributed by atoms with Crippen molar-refractivity contribution < 1.29 is 0 Å². The van der Waals surface area contributed by atoms with Crippen LogP contribution in [0.5, 0.6) is 0 Å². The predicted octanol–water partition coefficient (Wildman–Crippen LogP) is 4.38. The molecule has 2 N–H and O–H groups in total. The summed E-state index contributed by atoms with van der Waals surface area (Å²) in [6.45, 7) is 4.33. The van der Waals surface area contributed by atoms with Crippen molar-refractivity contribution in [2.75, 3.05) is 25.4 Å². The van der Waals surface area contributed by atoms with Crippen molar-refractivity contribution in [3.05, 3.63) is 96.8 Å². The molecule has 1 saturated heterocycles. The van der Waals surface area contributed by atoms with Gasteiger partial charge in [0.05, 0.1) is 18.4 Å². The molecule has 0 bridgehead atoms. The summed E-state index contributed by atoms with van der Waals surface area (Å²) in [5.41, 5.74) is 13.1. The van der Waals surface area contributed by atoms with E-state index in [4.69, 9.17) is 10.8 Å². The van der Waals surface area contributed by atoms with Gasteiger partial charge >= 0.3 is 0 Å². The van der Waals surface area contributed by atoms with E-state index in [-0.39, 0.29) is 0 Å². The highest BCUT2D eigenvalue weighted by atomic mass is 15.4. The highest BCUT2D eigenvalue weighted by Crippen LogP contribution is 2.23. The molecule has 4 aromatic heterocycles. The molecule has 7 rings (SSSR count). The first-order valence-electron chi connectivity index (χ1n) is 13.9. The zero-order chi connectivity index (χ0) is 27.6. The molecule has 41 heavy (non-hydrogen) atoms. The molecule has 1 aliphatic rings. The Labute approximate surface area is 237 Å². The molecular weight excluding hydrogens is 512 g/mol. The van der Waals surface area contributed by atoms with Crippen LogP contribution in [0.3, 0.4) is 0 Å². The van der Waals surface area contributed by atoms with Crippen molar-refractivity contribution in [2.24, 2.45) is 0 Å². The SMILES string of the molecule is Nc1cccc(-c2ccc3nnc(Cc4cccc(-c5ncc(-c6cnn(CCN7CCCC7)c6)cn5)c4)n3n2)c1. The van der Waals surface area contributed by atoms with Crippen LogP contribution in [0.4, 0.5) is 5.69 Å². The Kier molecular flexibility index (Phi) is 6.65. The fraction of sp³-hybridized carbons (Fsp3) is 0.226. The van der Waals surface area contributed by atoms with Gasteiger partial charge in [0.2, 0.25) is 0 Å². The summed E-state index contributed by atoms with van der Waals surface area (Å²) in [5.74, 6) is 1.42. The Morgan fingerprint density at radius 3 is 2.44 bits per heavy atom. The summed E-state index contributed by atoms with van der Waals surface area (Å²) >= 11 is 0. The van der Waals surface area contributed by atoms with Gasteiger partial charge in [-0.3, -0.25) is 4.68 Å². The molecule has 0 unspecified atom stereocenters. The van der Waals surface area contributed by atoms with Gasteiger partial charge in [0.15, 0.2) is 17.3 Å². The second kappa shape index (κ2) is 10.9. The van der Waals surface area contributed by atoms with E-state index < -0.39 is 0 Å². The average Bonchev–Trinajstić information content (AvgIpc) is 3.78. The lowest BCUT2D eigenvalue weighted by Gasteiger charge is -2.13. The van der Waals surface area contributed by atoms with Crippen molar-refractivity contribution in [3.8, 4) is 33.8 Å². The molecule has 2 aromatic carbocycles. The molecule has 1 aliphatic heterocycles. The van der Waals surface area contributed by atoms with Crippen LogP contribution in [0.1, 0.15) is 24.2 Å². The second-order valence-electron chi connectivity index (χ2n) is 10.4. The van der Waals surface area contributed by atoms with Gasteiger partial charge in [-0.1, -0.05) is 30.3 Å². The number of rotatable bonds is 8. The van der Waals surface area contributed by atoms with E-state index in [1.54, 1.807) is 4.52 Å². The zero-order valence-electron chi connectivity index (χ0n) is 22.6. The summed E-state index contributed by atoms with van der Waals surface area (Å²) in [6.07, 6.45) is 10.9. The van der Waals surface area contributed by atoms with E-state index in [1.165, 1.54) is 25.9 Å². The monoisotopic (exact) mass is 542 g/mol. The van der Waals surface area contributed by atoms with Crippen molar-refractivity contribution in [1.82, 2.24) is 44.5 Å². The molecular formula is C31H30N10. The zero-order valence-corrected chi connectivity index (χ0v) is 22.6. The fourth-order valence-electron chi connectivity index (χ4n) is 5.31. The normalized spacial score (nSPS) is 13.8. The molecule has 1 fully saturated rings. The molecule has 0 spiro atoms.